The molecule has 0 saturated heterocycles. The summed E-state index contributed by atoms with van der Waals surface area (Å²) < 4.78 is 6.42. The largest absolute Gasteiger partial charge is 0.493 e. The number of ether oxygens (including phenoxy) is 1. The molecule has 0 radical (unpaired) electrons. The van der Waals surface area contributed by atoms with Crippen LogP contribution in [0.2, 0.25) is 0 Å². The Morgan fingerprint density at radius 3 is 2.35 bits per heavy atom. The normalized spacial score (nSPS) is 26.7. The molecule has 3 nitrogen and oxygen atoms in total. The van der Waals surface area contributed by atoms with E-state index < -0.39 is 5.97 Å². The van der Waals surface area contributed by atoms with Crippen molar-refractivity contribution in [3.8, 4) is 17.6 Å². The van der Waals surface area contributed by atoms with Gasteiger partial charge in [0.2, 0.25) is 0 Å². The fourth-order valence-electron chi connectivity index (χ4n) is 7.22. The van der Waals surface area contributed by atoms with E-state index in [1.54, 1.807) is 18.2 Å². The van der Waals surface area contributed by atoms with Gasteiger partial charge in [-0.1, -0.05) is 50.2 Å². The van der Waals surface area contributed by atoms with Crippen LogP contribution >= 0.6 is 0 Å². The lowest BCUT2D eigenvalue weighted by Gasteiger charge is -2.57. The molecular weight excluding hydrogens is 420 g/mol. The number of aromatic carboxylic acids is 1. The molecule has 0 spiro atoms. The number of rotatable bonds is 8. The van der Waals surface area contributed by atoms with Gasteiger partial charge in [-0.25, -0.2) is 4.79 Å². The number of unbranched alkanes of at least 4 members (excludes halogenated alkanes) is 3. The van der Waals surface area contributed by atoms with E-state index in [0.29, 0.717) is 5.56 Å². The smallest absolute Gasteiger partial charge is 0.336 e. The molecule has 4 saturated carbocycles. The average Bonchev–Trinajstić information content (AvgIpc) is 2.82. The second kappa shape index (κ2) is 9.87. The van der Waals surface area contributed by atoms with Gasteiger partial charge in [-0.2, -0.15) is 0 Å². The highest BCUT2D eigenvalue weighted by Gasteiger charge is 2.52. The molecule has 3 heteroatoms. The highest BCUT2D eigenvalue weighted by molar-refractivity contribution is 5.90. The Labute approximate surface area is 203 Å². The van der Waals surface area contributed by atoms with Crippen molar-refractivity contribution in [3.63, 3.8) is 0 Å². The van der Waals surface area contributed by atoms with Gasteiger partial charge in [0, 0.05) is 16.7 Å². The summed E-state index contributed by atoms with van der Waals surface area (Å²) >= 11 is 0. The minimum Gasteiger partial charge on any atom is -0.493 e. The standard InChI is InChI=1S/C31H36O3/c1-2-3-4-7-14-34-29-13-11-22(10-12-26-8-5-6-9-27(26)30(32)33)18-28(29)31-19-23-15-24(20-31)17-25(16-23)21-31/h5-6,8-9,11,13,18,23-25H,2-4,7,14-17,19-21H2,1H3,(H,32,33). The van der Waals surface area contributed by atoms with E-state index >= 15 is 0 Å². The summed E-state index contributed by atoms with van der Waals surface area (Å²) in [6.07, 6.45) is 12.9. The first kappa shape index (κ1) is 23.0. The summed E-state index contributed by atoms with van der Waals surface area (Å²) in [5.41, 5.74) is 3.35. The van der Waals surface area contributed by atoms with E-state index in [9.17, 15) is 9.90 Å². The van der Waals surface area contributed by atoms with Gasteiger partial charge in [0.05, 0.1) is 12.2 Å². The van der Waals surface area contributed by atoms with Crippen LogP contribution in [0.15, 0.2) is 42.5 Å². The number of carboxylic acid groups (broad SMARTS) is 1. The lowest BCUT2D eigenvalue weighted by atomic mass is 9.48. The zero-order valence-electron chi connectivity index (χ0n) is 20.3. The van der Waals surface area contributed by atoms with Crippen LogP contribution in [0.5, 0.6) is 5.75 Å². The first-order valence-electron chi connectivity index (χ1n) is 13.2. The van der Waals surface area contributed by atoms with Crippen molar-refractivity contribution in [3.05, 3.63) is 64.7 Å². The third kappa shape index (κ3) is 4.74. The Kier molecular flexibility index (Phi) is 6.68. The van der Waals surface area contributed by atoms with Crippen molar-refractivity contribution >= 4 is 5.97 Å². The van der Waals surface area contributed by atoms with Crippen molar-refractivity contribution in [2.45, 2.75) is 76.5 Å². The van der Waals surface area contributed by atoms with Crippen molar-refractivity contribution < 1.29 is 14.6 Å². The lowest BCUT2D eigenvalue weighted by Crippen LogP contribution is -2.48. The van der Waals surface area contributed by atoms with Gasteiger partial charge in [-0.05, 0) is 98.4 Å². The van der Waals surface area contributed by atoms with Crippen LogP contribution in [0.3, 0.4) is 0 Å². The number of benzene rings is 2. The molecule has 0 aliphatic heterocycles. The van der Waals surface area contributed by atoms with Crippen molar-refractivity contribution in [1.29, 1.82) is 0 Å². The molecule has 0 atom stereocenters. The van der Waals surface area contributed by atoms with Gasteiger partial charge in [0.1, 0.15) is 5.75 Å². The second-order valence-corrected chi connectivity index (χ2v) is 10.9. The zero-order valence-corrected chi connectivity index (χ0v) is 20.3. The predicted molar refractivity (Wildman–Crippen MR) is 135 cm³/mol. The minimum absolute atomic E-state index is 0.226. The molecule has 0 unspecified atom stereocenters. The summed E-state index contributed by atoms with van der Waals surface area (Å²) in [5.74, 6) is 9.09. The van der Waals surface area contributed by atoms with Crippen LogP contribution in [-0.2, 0) is 5.41 Å². The van der Waals surface area contributed by atoms with Gasteiger partial charge in [-0.3, -0.25) is 0 Å². The van der Waals surface area contributed by atoms with Crippen molar-refractivity contribution in [2.24, 2.45) is 17.8 Å². The van der Waals surface area contributed by atoms with Gasteiger partial charge in [0.25, 0.3) is 0 Å². The van der Waals surface area contributed by atoms with Crippen LogP contribution in [0.25, 0.3) is 0 Å². The molecule has 4 bridgehead atoms. The molecule has 0 aromatic heterocycles. The topological polar surface area (TPSA) is 46.5 Å². The number of carbonyl (C=O) groups is 1. The molecule has 4 aliphatic carbocycles. The molecule has 4 fully saturated rings. The van der Waals surface area contributed by atoms with Crippen LogP contribution in [0.4, 0.5) is 0 Å². The summed E-state index contributed by atoms with van der Waals surface area (Å²) in [7, 11) is 0. The van der Waals surface area contributed by atoms with E-state index in [2.05, 4.69) is 30.9 Å². The first-order valence-corrected chi connectivity index (χ1v) is 13.2. The van der Waals surface area contributed by atoms with Gasteiger partial charge in [-0.15, -0.1) is 0 Å². The molecule has 178 valence electrons. The molecule has 6 rings (SSSR count). The van der Waals surface area contributed by atoms with Crippen molar-refractivity contribution in [1.82, 2.24) is 0 Å². The molecule has 4 aliphatic rings. The fourth-order valence-corrected chi connectivity index (χ4v) is 7.22. The summed E-state index contributed by atoms with van der Waals surface area (Å²) in [6, 6.07) is 13.4. The number of carboxylic acids is 1. The quantitative estimate of drug-likeness (QED) is 0.337. The summed E-state index contributed by atoms with van der Waals surface area (Å²) in [4.78, 5) is 11.6. The summed E-state index contributed by atoms with van der Waals surface area (Å²) in [6.45, 7) is 3.01. The maximum atomic E-state index is 11.6. The number of hydrogen-bond donors (Lipinski definition) is 1. The van der Waals surface area contributed by atoms with Crippen LogP contribution in [0.1, 0.15) is 98.2 Å². The number of hydrogen-bond acceptors (Lipinski definition) is 2. The van der Waals surface area contributed by atoms with E-state index in [4.69, 9.17) is 4.74 Å². The summed E-state index contributed by atoms with van der Waals surface area (Å²) in [5, 5.41) is 9.49. The highest BCUT2D eigenvalue weighted by Crippen LogP contribution is 2.62. The highest BCUT2D eigenvalue weighted by atomic mass is 16.5. The molecule has 0 heterocycles. The average molecular weight is 457 g/mol. The molecule has 34 heavy (non-hydrogen) atoms. The van der Waals surface area contributed by atoms with Crippen molar-refractivity contribution in [2.75, 3.05) is 6.61 Å². The third-order valence-corrected chi connectivity index (χ3v) is 8.34. The predicted octanol–water partition coefficient (Wildman–Crippen LogP) is 7.21. The van der Waals surface area contributed by atoms with Gasteiger partial charge >= 0.3 is 5.97 Å². The van der Waals surface area contributed by atoms with E-state index in [-0.39, 0.29) is 11.0 Å². The Morgan fingerprint density at radius 2 is 1.68 bits per heavy atom. The minimum atomic E-state index is -0.939. The van der Waals surface area contributed by atoms with E-state index in [1.165, 1.54) is 63.4 Å². The van der Waals surface area contributed by atoms with Crippen LogP contribution in [0, 0.1) is 29.6 Å². The first-order chi connectivity index (χ1) is 16.6. The maximum absolute atomic E-state index is 11.6. The maximum Gasteiger partial charge on any atom is 0.336 e. The van der Waals surface area contributed by atoms with Gasteiger partial charge < -0.3 is 9.84 Å². The third-order valence-electron chi connectivity index (χ3n) is 8.34. The SMILES string of the molecule is CCCCCCOc1ccc(C#Cc2ccccc2C(=O)O)cc1C12CC3CC(CC(C3)C1)C2. The zero-order chi connectivity index (χ0) is 23.5. The molecule has 2 aromatic carbocycles. The monoisotopic (exact) mass is 456 g/mol. The molecule has 0 amide bonds. The second-order valence-electron chi connectivity index (χ2n) is 10.9. The Hall–Kier alpha value is -2.73. The Morgan fingerprint density at radius 1 is 0.971 bits per heavy atom. The van der Waals surface area contributed by atoms with Crippen LogP contribution < -0.4 is 4.74 Å². The Bertz CT molecular complexity index is 1070. The lowest BCUT2D eigenvalue weighted by molar-refractivity contribution is -0.00641. The molecular formula is C31H36O3. The Balaban J connectivity index is 1.46. The van der Waals surface area contributed by atoms with E-state index in [1.807, 2.05) is 12.1 Å². The van der Waals surface area contributed by atoms with Gasteiger partial charge in [0.15, 0.2) is 0 Å². The fraction of sp³-hybridized carbons (Fsp3) is 0.516. The van der Waals surface area contributed by atoms with E-state index in [0.717, 1.165) is 42.1 Å². The van der Waals surface area contributed by atoms with Crippen LogP contribution in [-0.4, -0.2) is 17.7 Å². The molecule has 1 N–H and O–H groups in total. The molecule has 2 aromatic rings.